The number of carbonyl (C=O) groups is 3. The van der Waals surface area contributed by atoms with Crippen molar-refractivity contribution in [2.24, 2.45) is 0 Å². The Labute approximate surface area is 135 Å². The number of ether oxygens (including phenoxy) is 1. The summed E-state index contributed by atoms with van der Waals surface area (Å²) in [7, 11) is 0. The number of imidazole rings is 1. The van der Waals surface area contributed by atoms with Crippen LogP contribution in [0.4, 0.5) is 10.6 Å². The minimum absolute atomic E-state index is 0.294. The van der Waals surface area contributed by atoms with Gasteiger partial charge in [-0.25, -0.2) is 9.78 Å². The lowest BCUT2D eigenvalue weighted by molar-refractivity contribution is -0.117. The van der Waals surface area contributed by atoms with Crippen LogP contribution < -0.4 is 10.6 Å². The fourth-order valence-corrected chi connectivity index (χ4v) is 1.55. The predicted octanol–water partition coefficient (Wildman–Crippen LogP) is 1.67. The first-order valence-corrected chi connectivity index (χ1v) is 7.26. The van der Waals surface area contributed by atoms with E-state index in [1.807, 2.05) is 0 Å². The van der Waals surface area contributed by atoms with Crippen LogP contribution in [-0.2, 0) is 19.9 Å². The van der Waals surface area contributed by atoms with Gasteiger partial charge >= 0.3 is 6.09 Å². The van der Waals surface area contributed by atoms with Crippen molar-refractivity contribution in [2.45, 2.75) is 58.7 Å². The lowest BCUT2D eigenvalue weighted by atomic mass is 10.1. The summed E-state index contributed by atoms with van der Waals surface area (Å²) in [5.74, 6) is -0.146. The van der Waals surface area contributed by atoms with Crippen molar-refractivity contribution in [3.8, 4) is 0 Å². The molecule has 1 rings (SSSR count). The van der Waals surface area contributed by atoms with Gasteiger partial charge in [-0.1, -0.05) is 0 Å². The molecule has 23 heavy (non-hydrogen) atoms. The number of hydrogen-bond acceptors (Lipinski definition) is 5. The zero-order valence-corrected chi connectivity index (χ0v) is 14.3. The molecule has 0 aliphatic heterocycles. The number of nitrogens with one attached hydrogen (secondary N) is 2. The van der Waals surface area contributed by atoms with E-state index in [1.165, 1.54) is 13.3 Å². The Morgan fingerprint density at radius 1 is 1.30 bits per heavy atom. The highest BCUT2D eigenvalue weighted by atomic mass is 16.6. The topological polar surface area (TPSA) is 102 Å². The minimum Gasteiger partial charge on any atom is -0.444 e. The van der Waals surface area contributed by atoms with Crippen LogP contribution in [0.25, 0.3) is 0 Å². The fraction of sp³-hybridized carbons (Fsp3) is 0.600. The molecule has 1 aromatic rings. The average Bonchev–Trinajstić information content (AvgIpc) is 2.85. The molecule has 0 spiro atoms. The maximum Gasteiger partial charge on any atom is 0.408 e. The number of nitrogens with zero attached hydrogens (tertiary/aromatic N) is 2. The maximum atomic E-state index is 12.0. The average molecular weight is 324 g/mol. The van der Waals surface area contributed by atoms with Crippen molar-refractivity contribution in [3.63, 3.8) is 0 Å². The summed E-state index contributed by atoms with van der Waals surface area (Å²) >= 11 is 0. The van der Waals surface area contributed by atoms with Gasteiger partial charge in [0.1, 0.15) is 17.9 Å². The van der Waals surface area contributed by atoms with Crippen molar-refractivity contribution < 1.29 is 19.1 Å². The minimum atomic E-state index is -0.797. The molecule has 0 aromatic carbocycles. The van der Waals surface area contributed by atoms with Gasteiger partial charge in [0.15, 0.2) is 5.82 Å². The number of anilines is 1. The van der Waals surface area contributed by atoms with Gasteiger partial charge in [0.05, 0.1) is 11.9 Å². The highest BCUT2D eigenvalue weighted by Gasteiger charge is 2.23. The Morgan fingerprint density at radius 2 is 1.91 bits per heavy atom. The SMILES string of the molecule is CC(NC(=O)OC(C)(C)C)C(=O)Nc1cn(C(C)(C)C=O)cn1. The third-order valence-corrected chi connectivity index (χ3v) is 2.91. The number of carbonyl (C=O) groups excluding carboxylic acids is 3. The number of rotatable bonds is 5. The highest BCUT2D eigenvalue weighted by Crippen LogP contribution is 2.14. The molecule has 8 nitrogen and oxygen atoms in total. The Morgan fingerprint density at radius 3 is 2.43 bits per heavy atom. The van der Waals surface area contributed by atoms with E-state index in [-0.39, 0.29) is 0 Å². The molecule has 0 aliphatic carbocycles. The van der Waals surface area contributed by atoms with E-state index < -0.39 is 29.2 Å². The monoisotopic (exact) mass is 324 g/mol. The van der Waals surface area contributed by atoms with Gasteiger partial charge in [-0.2, -0.15) is 0 Å². The summed E-state index contributed by atoms with van der Waals surface area (Å²) in [5, 5.41) is 5.01. The second-order valence-corrected chi connectivity index (χ2v) is 6.79. The van der Waals surface area contributed by atoms with Crippen molar-refractivity contribution in [3.05, 3.63) is 12.5 Å². The molecule has 8 heteroatoms. The molecule has 2 amide bonds. The highest BCUT2D eigenvalue weighted by molar-refractivity contribution is 5.95. The summed E-state index contributed by atoms with van der Waals surface area (Å²) < 4.78 is 6.67. The van der Waals surface area contributed by atoms with E-state index in [1.54, 1.807) is 45.4 Å². The van der Waals surface area contributed by atoms with Crippen molar-refractivity contribution in [1.29, 1.82) is 0 Å². The normalized spacial score (nSPS) is 13.1. The van der Waals surface area contributed by atoms with Gasteiger partial charge in [0.25, 0.3) is 0 Å². The molecule has 1 atom stereocenters. The smallest absolute Gasteiger partial charge is 0.408 e. The zero-order valence-electron chi connectivity index (χ0n) is 14.3. The largest absolute Gasteiger partial charge is 0.444 e. The first kappa shape index (κ1) is 18.7. The first-order valence-electron chi connectivity index (χ1n) is 7.26. The Hall–Kier alpha value is -2.38. The zero-order chi connectivity index (χ0) is 17.8. The molecular formula is C15H24N4O4. The molecule has 0 saturated heterocycles. The summed E-state index contributed by atoms with van der Waals surface area (Å²) in [4.78, 5) is 38.7. The van der Waals surface area contributed by atoms with Gasteiger partial charge in [-0.3, -0.25) is 4.79 Å². The van der Waals surface area contributed by atoms with E-state index in [4.69, 9.17) is 4.74 Å². The molecule has 1 unspecified atom stereocenters. The van der Waals surface area contributed by atoms with Gasteiger partial charge in [-0.05, 0) is 41.5 Å². The summed E-state index contributed by atoms with van der Waals surface area (Å²) in [6.45, 7) is 10.2. The molecular weight excluding hydrogens is 300 g/mol. The van der Waals surface area contributed by atoms with Crippen LogP contribution >= 0.6 is 0 Å². The van der Waals surface area contributed by atoms with Crippen LogP contribution in [0, 0.1) is 0 Å². The van der Waals surface area contributed by atoms with Gasteiger partial charge in [-0.15, -0.1) is 0 Å². The lowest BCUT2D eigenvalue weighted by Gasteiger charge is -2.21. The second-order valence-electron chi connectivity index (χ2n) is 6.79. The van der Waals surface area contributed by atoms with Crippen LogP contribution in [0.3, 0.4) is 0 Å². The predicted molar refractivity (Wildman–Crippen MR) is 85.1 cm³/mol. The number of aromatic nitrogens is 2. The summed E-state index contributed by atoms with van der Waals surface area (Å²) in [5.41, 5.74) is -1.39. The van der Waals surface area contributed by atoms with Crippen LogP contribution in [0.2, 0.25) is 0 Å². The van der Waals surface area contributed by atoms with Crippen LogP contribution in [0.1, 0.15) is 41.5 Å². The maximum absolute atomic E-state index is 12.0. The van der Waals surface area contributed by atoms with Gasteiger partial charge in [0, 0.05) is 6.20 Å². The van der Waals surface area contributed by atoms with E-state index >= 15 is 0 Å². The number of hydrogen-bond donors (Lipinski definition) is 2. The molecule has 0 bridgehead atoms. The number of alkyl carbamates (subject to hydrolysis) is 1. The summed E-state index contributed by atoms with van der Waals surface area (Å²) in [6.07, 6.45) is 3.11. The number of aldehydes is 1. The Balaban J connectivity index is 2.62. The quantitative estimate of drug-likeness (QED) is 0.802. The van der Waals surface area contributed by atoms with E-state index in [2.05, 4.69) is 15.6 Å². The van der Waals surface area contributed by atoms with E-state index in [0.29, 0.717) is 5.82 Å². The van der Waals surface area contributed by atoms with Gasteiger partial charge in [0.2, 0.25) is 5.91 Å². The number of amides is 2. The van der Waals surface area contributed by atoms with Gasteiger partial charge < -0.3 is 24.7 Å². The van der Waals surface area contributed by atoms with Crippen molar-refractivity contribution in [1.82, 2.24) is 14.9 Å². The second kappa shape index (κ2) is 6.80. The van der Waals surface area contributed by atoms with Crippen LogP contribution in [-0.4, -0.2) is 39.5 Å². The third kappa shape index (κ3) is 5.72. The molecule has 0 saturated carbocycles. The molecule has 2 N–H and O–H groups in total. The van der Waals surface area contributed by atoms with E-state index in [9.17, 15) is 14.4 Å². The molecule has 0 fully saturated rings. The summed E-state index contributed by atoms with van der Waals surface area (Å²) in [6, 6.07) is -0.797. The Bertz CT molecular complexity index is 587. The van der Waals surface area contributed by atoms with Crippen LogP contribution in [0.15, 0.2) is 12.5 Å². The first-order chi connectivity index (χ1) is 10.4. The Kier molecular flexibility index (Phi) is 5.52. The third-order valence-electron chi connectivity index (χ3n) is 2.91. The van der Waals surface area contributed by atoms with Crippen molar-refractivity contribution >= 4 is 24.1 Å². The molecule has 128 valence electrons. The molecule has 1 aromatic heterocycles. The lowest BCUT2D eigenvalue weighted by Crippen LogP contribution is -2.44. The van der Waals surface area contributed by atoms with Crippen LogP contribution in [0.5, 0.6) is 0 Å². The van der Waals surface area contributed by atoms with Crippen molar-refractivity contribution in [2.75, 3.05) is 5.32 Å². The van der Waals surface area contributed by atoms with E-state index in [0.717, 1.165) is 6.29 Å². The molecule has 1 heterocycles. The standard InChI is InChI=1S/C15H24N4O4/c1-10(17-13(22)23-14(2,3)4)12(21)18-11-7-19(9-16-11)15(5,6)8-20/h7-10H,1-6H3,(H,17,22)(H,18,21). The molecule has 0 radical (unpaired) electrons. The molecule has 0 aliphatic rings. The fourth-order valence-electron chi connectivity index (χ4n) is 1.55.